The van der Waals surface area contributed by atoms with E-state index in [-0.39, 0.29) is 0 Å². The van der Waals surface area contributed by atoms with Gasteiger partial charge in [-0.2, -0.15) is 0 Å². The van der Waals surface area contributed by atoms with Crippen LogP contribution in [0, 0.1) is 6.92 Å². The van der Waals surface area contributed by atoms with Crippen molar-refractivity contribution in [2.45, 2.75) is 38.6 Å². The third-order valence-corrected chi connectivity index (χ3v) is 4.51. The van der Waals surface area contributed by atoms with Crippen LogP contribution in [-0.2, 0) is 12.8 Å². The highest BCUT2D eigenvalue weighted by atomic mass is 32.1. The molecule has 1 heterocycles. The first-order valence-electron chi connectivity index (χ1n) is 6.82. The zero-order chi connectivity index (χ0) is 13.5. The molecule has 2 nitrogen and oxygen atoms in total. The lowest BCUT2D eigenvalue weighted by Crippen LogP contribution is -2.35. The molecule has 19 heavy (non-hydrogen) atoms. The van der Waals surface area contributed by atoms with Gasteiger partial charge in [0.05, 0.1) is 0 Å². The summed E-state index contributed by atoms with van der Waals surface area (Å²) < 4.78 is 0. The van der Waals surface area contributed by atoms with Crippen LogP contribution >= 0.6 is 11.3 Å². The standard InChI is InChI=1S/C16H22N2S/c1-13-5-2-3-6-14(13)8-9-15(18-17)10-11-16-7-4-12-19-16/h2-7,12,15,18H,8-11,17H2,1H3. The second-order valence-corrected chi connectivity index (χ2v) is 5.98. The largest absolute Gasteiger partial charge is 0.271 e. The van der Waals surface area contributed by atoms with Crippen molar-refractivity contribution in [3.8, 4) is 0 Å². The summed E-state index contributed by atoms with van der Waals surface area (Å²) in [5.41, 5.74) is 5.76. The van der Waals surface area contributed by atoms with E-state index in [0.29, 0.717) is 6.04 Å². The Kier molecular flexibility index (Phi) is 5.58. The molecule has 0 spiro atoms. The quantitative estimate of drug-likeness (QED) is 0.599. The van der Waals surface area contributed by atoms with Gasteiger partial charge in [0.15, 0.2) is 0 Å². The fourth-order valence-electron chi connectivity index (χ4n) is 2.30. The van der Waals surface area contributed by atoms with E-state index in [4.69, 9.17) is 5.84 Å². The lowest BCUT2D eigenvalue weighted by atomic mass is 9.99. The average molecular weight is 274 g/mol. The predicted molar refractivity (Wildman–Crippen MR) is 83.3 cm³/mol. The van der Waals surface area contributed by atoms with Gasteiger partial charge in [0.25, 0.3) is 0 Å². The van der Waals surface area contributed by atoms with Crippen molar-refractivity contribution in [1.29, 1.82) is 0 Å². The number of thiophene rings is 1. The topological polar surface area (TPSA) is 38.0 Å². The lowest BCUT2D eigenvalue weighted by Gasteiger charge is -2.16. The summed E-state index contributed by atoms with van der Waals surface area (Å²) in [5.74, 6) is 5.67. The van der Waals surface area contributed by atoms with E-state index in [2.05, 4.69) is 54.1 Å². The molecule has 2 aromatic rings. The van der Waals surface area contributed by atoms with Crippen LogP contribution in [0.4, 0.5) is 0 Å². The van der Waals surface area contributed by atoms with Crippen molar-refractivity contribution in [3.63, 3.8) is 0 Å². The van der Waals surface area contributed by atoms with Gasteiger partial charge in [-0.15, -0.1) is 11.3 Å². The van der Waals surface area contributed by atoms with E-state index in [0.717, 1.165) is 25.7 Å². The molecule has 0 aliphatic carbocycles. The van der Waals surface area contributed by atoms with Crippen LogP contribution in [0.15, 0.2) is 41.8 Å². The van der Waals surface area contributed by atoms with Gasteiger partial charge in [-0.25, -0.2) is 0 Å². The van der Waals surface area contributed by atoms with Crippen molar-refractivity contribution in [3.05, 3.63) is 57.8 Å². The minimum Gasteiger partial charge on any atom is -0.271 e. The lowest BCUT2D eigenvalue weighted by molar-refractivity contribution is 0.465. The Labute approximate surface area is 119 Å². The number of hydrogen-bond donors (Lipinski definition) is 2. The van der Waals surface area contributed by atoms with Crippen molar-refractivity contribution in [2.75, 3.05) is 0 Å². The Morgan fingerprint density at radius 3 is 2.58 bits per heavy atom. The van der Waals surface area contributed by atoms with Crippen molar-refractivity contribution in [2.24, 2.45) is 5.84 Å². The Bertz CT molecular complexity index is 479. The summed E-state index contributed by atoms with van der Waals surface area (Å²) in [4.78, 5) is 1.44. The molecule has 1 unspecified atom stereocenters. The summed E-state index contributed by atoms with van der Waals surface area (Å²) in [5, 5.41) is 2.13. The number of benzene rings is 1. The zero-order valence-corrected chi connectivity index (χ0v) is 12.2. The van der Waals surface area contributed by atoms with E-state index in [1.54, 1.807) is 0 Å². The maximum absolute atomic E-state index is 5.67. The maximum atomic E-state index is 5.67. The van der Waals surface area contributed by atoms with E-state index in [9.17, 15) is 0 Å². The Morgan fingerprint density at radius 1 is 1.11 bits per heavy atom. The predicted octanol–water partition coefficient (Wildman–Crippen LogP) is 3.45. The smallest absolute Gasteiger partial charge is 0.0217 e. The minimum atomic E-state index is 0.390. The number of hydrogen-bond acceptors (Lipinski definition) is 3. The first kappa shape index (κ1) is 14.3. The summed E-state index contributed by atoms with van der Waals surface area (Å²) in [6.07, 6.45) is 4.39. The molecule has 0 bridgehead atoms. The minimum absolute atomic E-state index is 0.390. The second-order valence-electron chi connectivity index (χ2n) is 4.95. The van der Waals surface area contributed by atoms with Gasteiger partial charge >= 0.3 is 0 Å². The van der Waals surface area contributed by atoms with Crippen LogP contribution < -0.4 is 11.3 Å². The van der Waals surface area contributed by atoms with Crippen LogP contribution in [0.5, 0.6) is 0 Å². The Morgan fingerprint density at radius 2 is 1.89 bits per heavy atom. The highest BCUT2D eigenvalue weighted by Crippen LogP contribution is 2.15. The molecule has 0 aliphatic rings. The van der Waals surface area contributed by atoms with Gasteiger partial charge < -0.3 is 0 Å². The third kappa shape index (κ3) is 4.46. The molecule has 0 aliphatic heterocycles. The highest BCUT2D eigenvalue weighted by molar-refractivity contribution is 7.09. The summed E-state index contributed by atoms with van der Waals surface area (Å²) in [7, 11) is 0. The fraction of sp³-hybridized carbons (Fsp3) is 0.375. The first-order chi connectivity index (χ1) is 9.29. The van der Waals surface area contributed by atoms with Crippen LogP contribution in [0.2, 0.25) is 0 Å². The number of nitrogens with one attached hydrogen (secondary N) is 1. The van der Waals surface area contributed by atoms with E-state index in [1.165, 1.54) is 16.0 Å². The number of rotatable bonds is 7. The summed E-state index contributed by atoms with van der Waals surface area (Å²) in [6, 6.07) is 13.3. The molecular formula is C16H22N2S. The van der Waals surface area contributed by atoms with Crippen LogP contribution in [-0.4, -0.2) is 6.04 Å². The Hall–Kier alpha value is -1.16. The fourth-order valence-corrected chi connectivity index (χ4v) is 3.03. The number of nitrogens with two attached hydrogens (primary N) is 1. The van der Waals surface area contributed by atoms with Gasteiger partial charge in [0.2, 0.25) is 0 Å². The third-order valence-electron chi connectivity index (χ3n) is 3.58. The van der Waals surface area contributed by atoms with Crippen molar-refractivity contribution < 1.29 is 0 Å². The highest BCUT2D eigenvalue weighted by Gasteiger charge is 2.08. The SMILES string of the molecule is Cc1ccccc1CCC(CCc1cccs1)NN. The van der Waals surface area contributed by atoms with Gasteiger partial charge in [-0.1, -0.05) is 30.3 Å². The van der Waals surface area contributed by atoms with Crippen molar-refractivity contribution in [1.82, 2.24) is 5.43 Å². The van der Waals surface area contributed by atoms with Crippen LogP contribution in [0.25, 0.3) is 0 Å². The molecule has 0 saturated carbocycles. The molecule has 1 aromatic carbocycles. The molecule has 0 saturated heterocycles. The summed E-state index contributed by atoms with van der Waals surface area (Å²) in [6.45, 7) is 2.17. The molecule has 3 N–H and O–H groups in total. The van der Waals surface area contributed by atoms with Gasteiger partial charge in [-0.3, -0.25) is 11.3 Å². The molecule has 102 valence electrons. The number of aryl methyl sites for hydroxylation is 3. The molecule has 2 rings (SSSR count). The van der Waals surface area contributed by atoms with Crippen LogP contribution in [0.1, 0.15) is 28.8 Å². The van der Waals surface area contributed by atoms with Gasteiger partial charge in [-0.05, 0) is 55.2 Å². The van der Waals surface area contributed by atoms with Gasteiger partial charge in [0, 0.05) is 10.9 Å². The molecule has 0 amide bonds. The van der Waals surface area contributed by atoms with E-state index in [1.807, 2.05) is 11.3 Å². The monoisotopic (exact) mass is 274 g/mol. The molecule has 3 heteroatoms. The maximum Gasteiger partial charge on any atom is 0.0217 e. The number of hydrazine groups is 1. The molecular weight excluding hydrogens is 252 g/mol. The molecule has 1 atom stereocenters. The van der Waals surface area contributed by atoms with E-state index >= 15 is 0 Å². The molecule has 1 aromatic heterocycles. The normalized spacial score (nSPS) is 12.5. The van der Waals surface area contributed by atoms with Crippen molar-refractivity contribution >= 4 is 11.3 Å². The summed E-state index contributed by atoms with van der Waals surface area (Å²) >= 11 is 1.82. The Balaban J connectivity index is 1.81. The van der Waals surface area contributed by atoms with Gasteiger partial charge in [0.1, 0.15) is 0 Å². The second kappa shape index (κ2) is 7.43. The first-order valence-corrected chi connectivity index (χ1v) is 7.70. The van der Waals surface area contributed by atoms with E-state index < -0.39 is 0 Å². The zero-order valence-electron chi connectivity index (χ0n) is 11.4. The molecule has 0 radical (unpaired) electrons. The van der Waals surface area contributed by atoms with Crippen LogP contribution in [0.3, 0.4) is 0 Å². The molecule has 0 fully saturated rings. The average Bonchev–Trinajstić information content (AvgIpc) is 2.94.